The molecule has 0 heterocycles. The number of benzene rings is 2. The molecule has 2 aromatic rings. The molecule has 25 heavy (non-hydrogen) atoms. The zero-order valence-corrected chi connectivity index (χ0v) is 17.4. The van der Waals surface area contributed by atoms with Crippen molar-refractivity contribution in [3.63, 3.8) is 0 Å². The van der Waals surface area contributed by atoms with Gasteiger partial charge in [0.1, 0.15) is 11.5 Å². The van der Waals surface area contributed by atoms with E-state index in [1.54, 1.807) is 12.1 Å². The van der Waals surface area contributed by atoms with Crippen molar-refractivity contribution in [3.05, 3.63) is 56.0 Å². The van der Waals surface area contributed by atoms with E-state index in [0.29, 0.717) is 16.5 Å². The van der Waals surface area contributed by atoms with Gasteiger partial charge in [-0.05, 0) is 73.2 Å². The normalized spacial score (nSPS) is 10.9. The molecule has 0 saturated heterocycles. The second kappa shape index (κ2) is 8.24. The van der Waals surface area contributed by atoms with Crippen LogP contribution >= 0.6 is 27.5 Å². The molecular formula is C20H22BrClO3. The van der Waals surface area contributed by atoms with Crippen LogP contribution in [0.25, 0.3) is 0 Å². The van der Waals surface area contributed by atoms with Crippen LogP contribution in [-0.4, -0.2) is 12.6 Å². The van der Waals surface area contributed by atoms with Gasteiger partial charge >= 0.3 is 5.97 Å². The Hall–Kier alpha value is -1.52. The fourth-order valence-electron chi connectivity index (χ4n) is 2.51. The summed E-state index contributed by atoms with van der Waals surface area (Å²) in [5.74, 6) is 1.01. The van der Waals surface area contributed by atoms with Gasteiger partial charge in [-0.1, -0.05) is 41.4 Å². The summed E-state index contributed by atoms with van der Waals surface area (Å²) in [5.41, 5.74) is 3.84. The summed E-state index contributed by atoms with van der Waals surface area (Å²) in [6, 6.07) is 7.46. The molecule has 0 fully saturated rings. The molecule has 5 heteroatoms. The SMILES string of the molecule is Cc1cc(OCC(=O)Oc2cc(C)c(Cl)c(C)c2)c(C(C)C)cc1Br. The summed E-state index contributed by atoms with van der Waals surface area (Å²) < 4.78 is 12.1. The van der Waals surface area contributed by atoms with E-state index in [2.05, 4.69) is 29.8 Å². The molecule has 0 radical (unpaired) electrons. The number of esters is 1. The minimum absolute atomic E-state index is 0.151. The summed E-state index contributed by atoms with van der Waals surface area (Å²) in [7, 11) is 0. The van der Waals surface area contributed by atoms with Crippen molar-refractivity contribution in [2.24, 2.45) is 0 Å². The average molecular weight is 426 g/mol. The standard InChI is InChI=1S/C20H22BrClO3/c1-11(2)16-9-17(21)12(3)8-18(16)24-10-19(23)25-15-6-13(4)20(22)14(5)7-15/h6-9,11H,10H2,1-5H3. The first-order valence-electron chi connectivity index (χ1n) is 8.09. The van der Waals surface area contributed by atoms with Gasteiger partial charge in [0.25, 0.3) is 0 Å². The van der Waals surface area contributed by atoms with Crippen LogP contribution in [0.4, 0.5) is 0 Å². The Morgan fingerprint density at radius 1 is 1.08 bits per heavy atom. The first-order valence-corrected chi connectivity index (χ1v) is 9.26. The maximum atomic E-state index is 12.1. The van der Waals surface area contributed by atoms with Gasteiger partial charge in [-0.15, -0.1) is 0 Å². The summed E-state index contributed by atoms with van der Waals surface area (Å²) >= 11 is 9.67. The van der Waals surface area contributed by atoms with Crippen LogP contribution in [0.5, 0.6) is 11.5 Å². The quantitative estimate of drug-likeness (QED) is 0.426. The van der Waals surface area contributed by atoms with Crippen LogP contribution in [0.2, 0.25) is 5.02 Å². The largest absolute Gasteiger partial charge is 0.482 e. The molecule has 0 atom stereocenters. The predicted molar refractivity (Wildman–Crippen MR) is 105 cm³/mol. The van der Waals surface area contributed by atoms with Gasteiger partial charge in [0.05, 0.1) is 0 Å². The maximum Gasteiger partial charge on any atom is 0.349 e. The Labute approximate surface area is 162 Å². The van der Waals surface area contributed by atoms with Crippen LogP contribution in [-0.2, 0) is 4.79 Å². The van der Waals surface area contributed by atoms with Gasteiger partial charge in [-0.2, -0.15) is 0 Å². The summed E-state index contributed by atoms with van der Waals surface area (Å²) in [6.07, 6.45) is 0. The molecule has 0 saturated carbocycles. The minimum atomic E-state index is -0.448. The van der Waals surface area contributed by atoms with Crippen LogP contribution < -0.4 is 9.47 Å². The van der Waals surface area contributed by atoms with E-state index in [4.69, 9.17) is 21.1 Å². The number of aryl methyl sites for hydroxylation is 3. The lowest BCUT2D eigenvalue weighted by Crippen LogP contribution is -2.18. The van der Waals surface area contributed by atoms with Crippen molar-refractivity contribution in [3.8, 4) is 11.5 Å². The van der Waals surface area contributed by atoms with Crippen molar-refractivity contribution >= 4 is 33.5 Å². The van der Waals surface area contributed by atoms with Gasteiger partial charge < -0.3 is 9.47 Å². The lowest BCUT2D eigenvalue weighted by atomic mass is 10.0. The van der Waals surface area contributed by atoms with E-state index in [9.17, 15) is 4.79 Å². The number of hydrogen-bond acceptors (Lipinski definition) is 3. The molecular weight excluding hydrogens is 404 g/mol. The first-order chi connectivity index (χ1) is 11.7. The highest BCUT2D eigenvalue weighted by Crippen LogP contribution is 2.32. The van der Waals surface area contributed by atoms with Crippen molar-refractivity contribution in [1.82, 2.24) is 0 Å². The highest BCUT2D eigenvalue weighted by atomic mass is 79.9. The van der Waals surface area contributed by atoms with E-state index in [-0.39, 0.29) is 12.5 Å². The highest BCUT2D eigenvalue weighted by Gasteiger charge is 2.14. The number of rotatable bonds is 5. The van der Waals surface area contributed by atoms with E-state index < -0.39 is 5.97 Å². The minimum Gasteiger partial charge on any atom is -0.482 e. The molecule has 2 rings (SSSR count). The predicted octanol–water partition coefficient (Wildman–Crippen LogP) is 6.14. The number of carbonyl (C=O) groups is 1. The fourth-order valence-corrected chi connectivity index (χ4v) is 2.98. The number of hydrogen-bond donors (Lipinski definition) is 0. The Bertz CT molecular complexity index is 777. The van der Waals surface area contributed by atoms with E-state index in [1.807, 2.05) is 32.9 Å². The van der Waals surface area contributed by atoms with Crippen molar-refractivity contribution in [2.75, 3.05) is 6.61 Å². The molecule has 134 valence electrons. The average Bonchev–Trinajstić information content (AvgIpc) is 2.53. The van der Waals surface area contributed by atoms with Gasteiger partial charge in [0.15, 0.2) is 6.61 Å². The van der Waals surface area contributed by atoms with Gasteiger partial charge in [0, 0.05) is 9.50 Å². The fraction of sp³-hybridized carbons (Fsp3) is 0.350. The van der Waals surface area contributed by atoms with E-state index in [0.717, 1.165) is 26.7 Å². The third-order valence-corrected chi connectivity index (χ3v) is 5.35. The maximum absolute atomic E-state index is 12.1. The van der Waals surface area contributed by atoms with Crippen molar-refractivity contribution < 1.29 is 14.3 Å². The van der Waals surface area contributed by atoms with Gasteiger partial charge in [0.2, 0.25) is 0 Å². The Morgan fingerprint density at radius 3 is 2.24 bits per heavy atom. The second-order valence-electron chi connectivity index (χ2n) is 6.43. The van der Waals surface area contributed by atoms with E-state index >= 15 is 0 Å². The monoisotopic (exact) mass is 424 g/mol. The number of ether oxygens (including phenoxy) is 2. The van der Waals surface area contributed by atoms with Crippen LogP contribution in [0.15, 0.2) is 28.7 Å². The lowest BCUT2D eigenvalue weighted by Gasteiger charge is -2.16. The third kappa shape index (κ3) is 4.99. The van der Waals surface area contributed by atoms with Crippen LogP contribution in [0.1, 0.15) is 42.0 Å². The summed E-state index contributed by atoms with van der Waals surface area (Å²) in [5, 5.41) is 0.683. The molecule has 2 aromatic carbocycles. The first kappa shape index (κ1) is 19.8. The van der Waals surface area contributed by atoms with Crippen LogP contribution in [0.3, 0.4) is 0 Å². The molecule has 0 aromatic heterocycles. The number of carbonyl (C=O) groups excluding carboxylic acids is 1. The zero-order valence-electron chi connectivity index (χ0n) is 15.1. The molecule has 0 aliphatic carbocycles. The van der Waals surface area contributed by atoms with Gasteiger partial charge in [-0.3, -0.25) is 0 Å². The molecule has 0 amide bonds. The highest BCUT2D eigenvalue weighted by molar-refractivity contribution is 9.10. The molecule has 0 bridgehead atoms. The Morgan fingerprint density at radius 2 is 1.68 bits per heavy atom. The van der Waals surface area contributed by atoms with Crippen molar-refractivity contribution in [2.45, 2.75) is 40.5 Å². The summed E-state index contributed by atoms with van der Waals surface area (Å²) in [4.78, 5) is 12.1. The zero-order chi connectivity index (χ0) is 18.7. The van der Waals surface area contributed by atoms with E-state index in [1.165, 1.54) is 0 Å². The Kier molecular flexibility index (Phi) is 6.53. The van der Waals surface area contributed by atoms with Crippen molar-refractivity contribution in [1.29, 1.82) is 0 Å². The Balaban J connectivity index is 2.09. The molecule has 0 N–H and O–H groups in total. The van der Waals surface area contributed by atoms with Gasteiger partial charge in [-0.25, -0.2) is 4.79 Å². The molecule has 0 aliphatic heterocycles. The summed E-state index contributed by atoms with van der Waals surface area (Å²) in [6.45, 7) is 9.76. The number of halogens is 2. The van der Waals surface area contributed by atoms with Crippen LogP contribution in [0, 0.1) is 20.8 Å². The molecule has 3 nitrogen and oxygen atoms in total. The molecule has 0 spiro atoms. The lowest BCUT2D eigenvalue weighted by molar-refractivity contribution is -0.136. The topological polar surface area (TPSA) is 35.5 Å². The second-order valence-corrected chi connectivity index (χ2v) is 7.66. The third-order valence-electron chi connectivity index (χ3n) is 3.90. The molecule has 0 aliphatic rings. The molecule has 0 unspecified atom stereocenters. The smallest absolute Gasteiger partial charge is 0.349 e.